The van der Waals surface area contributed by atoms with Crippen molar-refractivity contribution in [2.45, 2.75) is 91.6 Å². The van der Waals surface area contributed by atoms with Crippen LogP contribution in [0.1, 0.15) is 85.5 Å². The largest absolute Gasteiger partial charge is 0.462 e. The normalized spacial score (nSPS) is 37.2. The van der Waals surface area contributed by atoms with E-state index >= 15 is 0 Å². The third-order valence-electron chi connectivity index (χ3n) is 7.83. The first-order chi connectivity index (χ1) is 12.4. The Balaban J connectivity index is 1.82. The number of allylic oxidation sites excluding steroid dienone is 5. The fraction of sp³-hybridized carbons (Fsp3) is 0.708. The summed E-state index contributed by atoms with van der Waals surface area (Å²) in [5.41, 5.74) is 6.44. The lowest BCUT2D eigenvalue weighted by Gasteiger charge is -2.50. The minimum Gasteiger partial charge on any atom is -0.462 e. The zero-order chi connectivity index (χ0) is 18.5. The molecule has 0 spiro atoms. The Kier molecular flexibility index (Phi) is 4.44. The summed E-state index contributed by atoms with van der Waals surface area (Å²) in [7, 11) is 0. The molecule has 1 unspecified atom stereocenters. The highest BCUT2D eigenvalue weighted by atomic mass is 16.5. The summed E-state index contributed by atoms with van der Waals surface area (Å²) < 4.78 is 5.85. The number of ether oxygens (including phenoxy) is 1. The molecular formula is C24H34O2. The van der Waals surface area contributed by atoms with Crippen molar-refractivity contribution >= 4 is 5.97 Å². The van der Waals surface area contributed by atoms with Crippen LogP contribution < -0.4 is 0 Å². The second-order valence-electron chi connectivity index (χ2n) is 9.48. The van der Waals surface area contributed by atoms with Crippen molar-refractivity contribution < 1.29 is 9.53 Å². The van der Waals surface area contributed by atoms with Gasteiger partial charge in [0.05, 0.1) is 12.0 Å². The van der Waals surface area contributed by atoms with Gasteiger partial charge in [-0.3, -0.25) is 4.79 Å². The molecule has 4 rings (SSSR count). The molecule has 0 fully saturated rings. The monoisotopic (exact) mass is 354 g/mol. The van der Waals surface area contributed by atoms with Gasteiger partial charge in [0.25, 0.3) is 0 Å². The average molecular weight is 355 g/mol. The molecule has 0 heterocycles. The van der Waals surface area contributed by atoms with Crippen LogP contribution in [0.3, 0.4) is 0 Å². The van der Waals surface area contributed by atoms with Gasteiger partial charge in [0.2, 0.25) is 0 Å². The minimum atomic E-state index is -0.0830. The summed E-state index contributed by atoms with van der Waals surface area (Å²) in [6.45, 7) is 8.96. The Morgan fingerprint density at radius 1 is 1.23 bits per heavy atom. The molecule has 0 N–H and O–H groups in total. The second kappa shape index (κ2) is 6.39. The molecule has 2 heteroatoms. The topological polar surface area (TPSA) is 26.3 Å². The Hall–Kier alpha value is -1.31. The van der Waals surface area contributed by atoms with E-state index in [4.69, 9.17) is 4.74 Å². The SMILES string of the molecule is CCC(C)OC(=O)[C@@H]1CC2=CCCC[C@]2(C)C2=C1C1=CCC[C@@]1(C)CC2. The van der Waals surface area contributed by atoms with E-state index in [1.54, 1.807) is 5.57 Å². The molecule has 4 aliphatic rings. The van der Waals surface area contributed by atoms with Gasteiger partial charge < -0.3 is 4.74 Å². The standard InChI is InChI=1S/C24H34O2/c1-5-16(2)26-22(25)18-15-17-9-6-7-13-24(17,4)20-11-14-23(3)12-8-10-19(23)21(18)20/h9-10,16,18H,5-8,11-15H2,1-4H3/t16?,18-,23+,24+/m1/s1. The summed E-state index contributed by atoms with van der Waals surface area (Å²) in [4.78, 5) is 13.2. The molecular weight excluding hydrogens is 320 g/mol. The van der Waals surface area contributed by atoms with Gasteiger partial charge in [0, 0.05) is 5.41 Å². The Labute approximate surface area is 158 Å². The molecule has 0 aromatic rings. The van der Waals surface area contributed by atoms with Gasteiger partial charge in [0.15, 0.2) is 0 Å². The molecule has 4 atom stereocenters. The molecule has 0 bridgehead atoms. The molecule has 0 saturated carbocycles. The van der Waals surface area contributed by atoms with Crippen LogP contribution in [-0.4, -0.2) is 12.1 Å². The molecule has 26 heavy (non-hydrogen) atoms. The fourth-order valence-electron chi connectivity index (χ4n) is 5.94. The fourth-order valence-corrected chi connectivity index (χ4v) is 5.94. The van der Waals surface area contributed by atoms with Crippen molar-refractivity contribution in [2.24, 2.45) is 16.7 Å². The number of carbonyl (C=O) groups excluding carboxylic acids is 1. The predicted octanol–water partition coefficient (Wildman–Crippen LogP) is 6.28. The molecule has 0 aromatic heterocycles. The highest BCUT2D eigenvalue weighted by molar-refractivity contribution is 5.80. The van der Waals surface area contributed by atoms with Crippen LogP contribution in [0.5, 0.6) is 0 Å². The minimum absolute atomic E-state index is 0.00716. The van der Waals surface area contributed by atoms with Crippen LogP contribution >= 0.6 is 0 Å². The number of carbonyl (C=O) groups is 1. The van der Waals surface area contributed by atoms with Gasteiger partial charge in [-0.05, 0) is 81.3 Å². The first-order valence-corrected chi connectivity index (χ1v) is 10.7. The molecule has 0 radical (unpaired) electrons. The van der Waals surface area contributed by atoms with E-state index in [2.05, 4.69) is 32.9 Å². The molecule has 2 nitrogen and oxygen atoms in total. The van der Waals surface area contributed by atoms with Crippen molar-refractivity contribution in [1.82, 2.24) is 0 Å². The highest BCUT2D eigenvalue weighted by Crippen LogP contribution is 2.62. The van der Waals surface area contributed by atoms with Gasteiger partial charge in [-0.1, -0.05) is 44.1 Å². The zero-order valence-electron chi connectivity index (χ0n) is 17.0. The quantitative estimate of drug-likeness (QED) is 0.440. The van der Waals surface area contributed by atoms with E-state index in [9.17, 15) is 4.79 Å². The van der Waals surface area contributed by atoms with E-state index in [-0.39, 0.29) is 28.8 Å². The number of hydrogen-bond acceptors (Lipinski definition) is 2. The molecule has 142 valence electrons. The lowest BCUT2D eigenvalue weighted by atomic mass is 9.54. The van der Waals surface area contributed by atoms with Crippen molar-refractivity contribution in [3.05, 3.63) is 34.4 Å². The van der Waals surface area contributed by atoms with E-state index in [1.807, 2.05) is 6.92 Å². The lowest BCUT2D eigenvalue weighted by molar-refractivity contribution is -0.152. The van der Waals surface area contributed by atoms with Crippen LogP contribution in [0.15, 0.2) is 34.4 Å². The van der Waals surface area contributed by atoms with Crippen molar-refractivity contribution in [1.29, 1.82) is 0 Å². The van der Waals surface area contributed by atoms with E-state index in [0.717, 1.165) is 25.7 Å². The number of esters is 1. The third kappa shape index (κ3) is 2.63. The molecule has 0 saturated heterocycles. The van der Waals surface area contributed by atoms with Crippen molar-refractivity contribution in [3.63, 3.8) is 0 Å². The van der Waals surface area contributed by atoms with Crippen LogP contribution in [0.2, 0.25) is 0 Å². The Morgan fingerprint density at radius 2 is 2.04 bits per heavy atom. The van der Waals surface area contributed by atoms with Gasteiger partial charge in [0.1, 0.15) is 0 Å². The van der Waals surface area contributed by atoms with Gasteiger partial charge >= 0.3 is 5.97 Å². The number of rotatable bonds is 3. The summed E-state index contributed by atoms with van der Waals surface area (Å²) in [5.74, 6) is -0.0715. The van der Waals surface area contributed by atoms with Gasteiger partial charge in [-0.25, -0.2) is 0 Å². The third-order valence-corrected chi connectivity index (χ3v) is 7.83. The summed E-state index contributed by atoms with van der Waals surface area (Å²) in [5, 5.41) is 0. The average Bonchev–Trinajstić information content (AvgIpc) is 3.02. The number of fused-ring (bicyclic) bond motifs is 4. The molecule has 0 amide bonds. The summed E-state index contributed by atoms with van der Waals surface area (Å²) >= 11 is 0. The van der Waals surface area contributed by atoms with Crippen LogP contribution in [0.4, 0.5) is 0 Å². The van der Waals surface area contributed by atoms with E-state index in [1.165, 1.54) is 48.8 Å². The predicted molar refractivity (Wildman–Crippen MR) is 106 cm³/mol. The number of hydrogen-bond donors (Lipinski definition) is 0. The van der Waals surface area contributed by atoms with Crippen molar-refractivity contribution in [2.75, 3.05) is 0 Å². The maximum atomic E-state index is 13.2. The highest BCUT2D eigenvalue weighted by Gasteiger charge is 2.51. The van der Waals surface area contributed by atoms with Crippen LogP contribution in [-0.2, 0) is 9.53 Å². The summed E-state index contributed by atoms with van der Waals surface area (Å²) in [6.07, 6.45) is 15.1. The maximum absolute atomic E-state index is 13.2. The molecule has 0 aromatic carbocycles. The van der Waals surface area contributed by atoms with E-state index < -0.39 is 0 Å². The molecule has 4 aliphatic carbocycles. The first kappa shape index (κ1) is 18.1. The Morgan fingerprint density at radius 3 is 2.81 bits per heavy atom. The first-order valence-electron chi connectivity index (χ1n) is 10.7. The van der Waals surface area contributed by atoms with Crippen LogP contribution in [0.25, 0.3) is 0 Å². The Bertz CT molecular complexity index is 710. The molecule has 0 aliphatic heterocycles. The summed E-state index contributed by atoms with van der Waals surface area (Å²) in [6, 6.07) is 0. The van der Waals surface area contributed by atoms with Gasteiger partial charge in [-0.15, -0.1) is 0 Å². The van der Waals surface area contributed by atoms with E-state index in [0.29, 0.717) is 0 Å². The lowest BCUT2D eigenvalue weighted by Crippen LogP contribution is -2.41. The zero-order valence-corrected chi connectivity index (χ0v) is 17.0. The smallest absolute Gasteiger partial charge is 0.314 e. The van der Waals surface area contributed by atoms with Gasteiger partial charge in [-0.2, -0.15) is 0 Å². The second-order valence-corrected chi connectivity index (χ2v) is 9.48. The maximum Gasteiger partial charge on any atom is 0.314 e. The van der Waals surface area contributed by atoms with Crippen LogP contribution in [0, 0.1) is 16.7 Å². The van der Waals surface area contributed by atoms with Crippen molar-refractivity contribution in [3.8, 4) is 0 Å².